The summed E-state index contributed by atoms with van der Waals surface area (Å²) in [6, 6.07) is 11.7. The summed E-state index contributed by atoms with van der Waals surface area (Å²) in [5, 5.41) is 1.40. The van der Waals surface area contributed by atoms with Crippen LogP contribution in [0.3, 0.4) is 0 Å². The SMILES string of the molecule is CC[SiH](OC)c1ccccc1. The normalized spacial score (nSPS) is 12.9. The fourth-order valence-corrected chi connectivity index (χ4v) is 2.93. The smallest absolute Gasteiger partial charge is 0.207 e. The number of benzene rings is 1. The zero-order valence-corrected chi connectivity index (χ0v) is 8.23. The predicted octanol–water partition coefficient (Wildman–Crippen LogP) is 1.28. The van der Waals surface area contributed by atoms with Gasteiger partial charge in [-0.1, -0.05) is 37.3 Å². The summed E-state index contributed by atoms with van der Waals surface area (Å²) in [7, 11) is 0.762. The van der Waals surface area contributed by atoms with E-state index in [-0.39, 0.29) is 0 Å². The molecule has 2 heteroatoms. The van der Waals surface area contributed by atoms with E-state index in [9.17, 15) is 0 Å². The summed E-state index contributed by atoms with van der Waals surface area (Å²) in [6.07, 6.45) is 0. The molecule has 0 saturated carbocycles. The van der Waals surface area contributed by atoms with Crippen molar-refractivity contribution in [3.8, 4) is 0 Å². The van der Waals surface area contributed by atoms with Gasteiger partial charge in [0.2, 0.25) is 9.04 Å². The van der Waals surface area contributed by atoms with Gasteiger partial charge in [-0.3, -0.25) is 0 Å². The molecule has 0 bridgehead atoms. The van der Waals surface area contributed by atoms with E-state index in [1.807, 2.05) is 13.2 Å². The van der Waals surface area contributed by atoms with Gasteiger partial charge in [0, 0.05) is 7.11 Å². The van der Waals surface area contributed by atoms with Crippen LogP contribution in [0.1, 0.15) is 6.92 Å². The van der Waals surface area contributed by atoms with E-state index in [2.05, 4.69) is 31.2 Å². The summed E-state index contributed by atoms with van der Waals surface area (Å²) in [6.45, 7) is 2.19. The Morgan fingerprint density at radius 2 is 1.91 bits per heavy atom. The minimum atomic E-state index is -1.05. The van der Waals surface area contributed by atoms with Crippen LogP contribution in [0.2, 0.25) is 6.04 Å². The van der Waals surface area contributed by atoms with Gasteiger partial charge < -0.3 is 4.43 Å². The van der Waals surface area contributed by atoms with E-state index in [0.717, 1.165) is 0 Å². The molecule has 1 aromatic rings. The van der Waals surface area contributed by atoms with E-state index in [0.29, 0.717) is 0 Å². The van der Waals surface area contributed by atoms with Crippen LogP contribution in [-0.2, 0) is 4.43 Å². The Morgan fingerprint density at radius 3 is 2.36 bits per heavy atom. The molecule has 0 amide bonds. The standard InChI is InChI=1S/C9H14OSi/c1-3-11(10-2)9-7-5-4-6-8-9/h4-8,11H,3H2,1-2H3. The lowest BCUT2D eigenvalue weighted by molar-refractivity contribution is 0.430. The van der Waals surface area contributed by atoms with Crippen molar-refractivity contribution in [3.05, 3.63) is 30.3 Å². The Hall–Kier alpha value is -0.603. The highest BCUT2D eigenvalue weighted by Gasteiger charge is 2.08. The van der Waals surface area contributed by atoms with Crippen LogP contribution in [0.5, 0.6) is 0 Å². The molecular formula is C9H14OSi. The first-order chi connectivity index (χ1) is 5.38. The molecule has 1 atom stereocenters. The van der Waals surface area contributed by atoms with Crippen LogP contribution < -0.4 is 5.19 Å². The molecule has 0 aromatic heterocycles. The van der Waals surface area contributed by atoms with Crippen LogP contribution in [0.25, 0.3) is 0 Å². The second-order valence-electron chi connectivity index (χ2n) is 2.54. The first-order valence-electron chi connectivity index (χ1n) is 3.96. The highest BCUT2D eigenvalue weighted by atomic mass is 28.3. The van der Waals surface area contributed by atoms with Crippen LogP contribution in [0.4, 0.5) is 0 Å². The molecule has 1 rings (SSSR count). The first-order valence-corrected chi connectivity index (χ1v) is 5.82. The van der Waals surface area contributed by atoms with Gasteiger partial charge in [-0.05, 0) is 11.2 Å². The Kier molecular flexibility index (Phi) is 3.33. The Labute approximate surface area is 69.7 Å². The third kappa shape index (κ3) is 2.17. The summed E-state index contributed by atoms with van der Waals surface area (Å²) < 4.78 is 5.42. The quantitative estimate of drug-likeness (QED) is 0.615. The predicted molar refractivity (Wildman–Crippen MR) is 50.7 cm³/mol. The summed E-state index contributed by atoms with van der Waals surface area (Å²) >= 11 is 0. The average Bonchev–Trinajstić information content (AvgIpc) is 2.09. The highest BCUT2D eigenvalue weighted by molar-refractivity contribution is 6.67. The van der Waals surface area contributed by atoms with Crippen molar-refractivity contribution in [3.63, 3.8) is 0 Å². The second-order valence-corrected chi connectivity index (χ2v) is 5.48. The van der Waals surface area contributed by atoms with Gasteiger partial charge in [-0.2, -0.15) is 0 Å². The van der Waals surface area contributed by atoms with Crippen molar-refractivity contribution < 1.29 is 4.43 Å². The van der Waals surface area contributed by atoms with Gasteiger partial charge in [0.1, 0.15) is 0 Å². The van der Waals surface area contributed by atoms with Crippen molar-refractivity contribution in [2.75, 3.05) is 7.11 Å². The van der Waals surface area contributed by atoms with Crippen molar-refractivity contribution >= 4 is 14.2 Å². The number of hydrogen-bond donors (Lipinski definition) is 0. The third-order valence-corrected chi connectivity index (χ3v) is 4.27. The summed E-state index contributed by atoms with van der Waals surface area (Å²) in [5.41, 5.74) is 0. The lowest BCUT2D eigenvalue weighted by Gasteiger charge is -2.09. The van der Waals surface area contributed by atoms with Crippen LogP contribution in [0.15, 0.2) is 30.3 Å². The van der Waals surface area contributed by atoms with Crippen molar-refractivity contribution in [2.45, 2.75) is 13.0 Å². The Morgan fingerprint density at radius 1 is 1.27 bits per heavy atom. The van der Waals surface area contributed by atoms with Gasteiger partial charge in [0.15, 0.2) is 0 Å². The van der Waals surface area contributed by atoms with Crippen molar-refractivity contribution in [1.29, 1.82) is 0 Å². The van der Waals surface area contributed by atoms with E-state index in [1.54, 1.807) is 0 Å². The van der Waals surface area contributed by atoms with Gasteiger partial charge in [-0.25, -0.2) is 0 Å². The molecule has 1 aromatic carbocycles. The molecule has 11 heavy (non-hydrogen) atoms. The average molecular weight is 166 g/mol. The van der Waals surface area contributed by atoms with E-state index in [4.69, 9.17) is 4.43 Å². The Bertz CT molecular complexity index is 194. The molecule has 60 valence electrons. The molecule has 0 spiro atoms. The van der Waals surface area contributed by atoms with E-state index < -0.39 is 9.04 Å². The largest absolute Gasteiger partial charge is 0.419 e. The molecule has 0 fully saturated rings. The maximum absolute atomic E-state index is 5.42. The zero-order chi connectivity index (χ0) is 8.10. The molecule has 0 aliphatic rings. The zero-order valence-electron chi connectivity index (χ0n) is 7.08. The van der Waals surface area contributed by atoms with E-state index >= 15 is 0 Å². The van der Waals surface area contributed by atoms with Gasteiger partial charge in [0.05, 0.1) is 0 Å². The van der Waals surface area contributed by atoms with Gasteiger partial charge in [-0.15, -0.1) is 0 Å². The molecule has 0 heterocycles. The summed E-state index contributed by atoms with van der Waals surface area (Å²) in [5.74, 6) is 0. The minimum absolute atomic E-state index is 1.05. The topological polar surface area (TPSA) is 9.23 Å². The van der Waals surface area contributed by atoms with E-state index in [1.165, 1.54) is 11.2 Å². The van der Waals surface area contributed by atoms with Gasteiger partial charge >= 0.3 is 0 Å². The van der Waals surface area contributed by atoms with Crippen molar-refractivity contribution in [2.24, 2.45) is 0 Å². The maximum Gasteiger partial charge on any atom is 0.207 e. The van der Waals surface area contributed by atoms with Crippen LogP contribution in [0, 0.1) is 0 Å². The molecule has 1 nitrogen and oxygen atoms in total. The molecule has 0 aliphatic carbocycles. The molecule has 0 aliphatic heterocycles. The molecule has 0 saturated heterocycles. The molecule has 0 radical (unpaired) electrons. The first kappa shape index (κ1) is 8.49. The van der Waals surface area contributed by atoms with Crippen LogP contribution >= 0.6 is 0 Å². The monoisotopic (exact) mass is 166 g/mol. The van der Waals surface area contributed by atoms with Gasteiger partial charge in [0.25, 0.3) is 0 Å². The fraction of sp³-hybridized carbons (Fsp3) is 0.333. The number of rotatable bonds is 3. The fourth-order valence-electron chi connectivity index (χ4n) is 1.21. The number of hydrogen-bond acceptors (Lipinski definition) is 1. The second kappa shape index (κ2) is 4.31. The molecular weight excluding hydrogens is 152 g/mol. The molecule has 0 N–H and O–H groups in total. The van der Waals surface area contributed by atoms with Crippen LogP contribution in [-0.4, -0.2) is 16.2 Å². The summed E-state index contributed by atoms with van der Waals surface area (Å²) in [4.78, 5) is 0. The Balaban J connectivity index is 2.74. The lowest BCUT2D eigenvalue weighted by atomic mass is 10.4. The maximum atomic E-state index is 5.42. The minimum Gasteiger partial charge on any atom is -0.419 e. The third-order valence-electron chi connectivity index (χ3n) is 1.83. The molecule has 1 unspecified atom stereocenters. The van der Waals surface area contributed by atoms with Crippen molar-refractivity contribution in [1.82, 2.24) is 0 Å². The lowest BCUT2D eigenvalue weighted by Crippen LogP contribution is -2.30. The highest BCUT2D eigenvalue weighted by Crippen LogP contribution is 1.93.